The van der Waals surface area contributed by atoms with Gasteiger partial charge in [-0.25, -0.2) is 0 Å². The van der Waals surface area contributed by atoms with Crippen molar-refractivity contribution in [1.82, 2.24) is 0 Å². The Kier molecular flexibility index (Phi) is 18.7. The van der Waals surface area contributed by atoms with E-state index >= 15 is 0 Å². The van der Waals surface area contributed by atoms with Crippen LogP contribution in [0.1, 0.15) is 117 Å². The Bertz CT molecular complexity index is 302. The molecule has 0 aromatic heterocycles. The highest BCUT2D eigenvalue weighted by molar-refractivity contribution is 6.75. The maximum atomic E-state index is 12.5. The van der Waals surface area contributed by atoms with Crippen molar-refractivity contribution in [2.75, 3.05) is 6.61 Å². The minimum Gasteiger partial charge on any atom is -0.519 e. The maximum Gasteiger partial charge on any atom is 0.292 e. The van der Waals surface area contributed by atoms with E-state index in [1.54, 1.807) is 0 Å². The summed E-state index contributed by atoms with van der Waals surface area (Å²) in [6.07, 6.45) is 17.1. The van der Waals surface area contributed by atoms with Crippen LogP contribution in [-0.4, -0.2) is 26.0 Å². The van der Waals surface area contributed by atoms with E-state index in [0.717, 1.165) is 24.6 Å². The monoisotopic (exact) mass is 400 g/mol. The average Bonchev–Trinajstić information content (AvgIpc) is 2.66. The normalized spacial score (nSPS) is 11.7. The number of hydrogen-bond acceptors (Lipinski definition) is 3. The van der Waals surface area contributed by atoms with Gasteiger partial charge in [0.05, 0.1) is 0 Å². The van der Waals surface area contributed by atoms with Gasteiger partial charge < -0.3 is 9.53 Å². The number of aliphatic hydroxyl groups excluding tert-OH is 1. The van der Waals surface area contributed by atoms with Gasteiger partial charge in [-0.05, 0) is 31.0 Å². The Morgan fingerprint density at radius 2 is 1.11 bits per heavy atom. The minimum absolute atomic E-state index is 0.0107. The lowest BCUT2D eigenvalue weighted by Gasteiger charge is -2.32. The molecule has 4 heteroatoms. The second-order valence-corrected chi connectivity index (χ2v) is 12.3. The molecule has 0 saturated heterocycles. The molecule has 0 saturated carbocycles. The van der Waals surface area contributed by atoms with Crippen LogP contribution in [-0.2, 0) is 9.22 Å². The standard InChI is InChI=1S/C23H48O3Si/c1-4-7-10-15-20-27(21-16-11-8-5-2,22-17-12-9-6-3)26-23(25)18-13-14-19-24/h24H,4-22H2,1-3H3. The van der Waals surface area contributed by atoms with Crippen molar-refractivity contribution in [3.8, 4) is 0 Å². The Labute approximate surface area is 170 Å². The lowest BCUT2D eigenvalue weighted by atomic mass is 10.2. The van der Waals surface area contributed by atoms with Gasteiger partial charge >= 0.3 is 0 Å². The van der Waals surface area contributed by atoms with Crippen LogP contribution >= 0.6 is 0 Å². The molecule has 162 valence electrons. The number of aliphatic hydroxyl groups is 1. The predicted octanol–water partition coefficient (Wildman–Crippen LogP) is 7.38. The number of carbonyl (C=O) groups excluding carboxylic acids is 1. The first-order chi connectivity index (χ1) is 13.1. The van der Waals surface area contributed by atoms with Gasteiger partial charge in [0.15, 0.2) is 0 Å². The molecule has 0 unspecified atom stereocenters. The minimum atomic E-state index is -1.98. The highest BCUT2D eigenvalue weighted by atomic mass is 28.4. The third-order valence-electron chi connectivity index (χ3n) is 5.58. The molecule has 0 fully saturated rings. The van der Waals surface area contributed by atoms with E-state index in [4.69, 9.17) is 9.53 Å². The van der Waals surface area contributed by atoms with Crippen molar-refractivity contribution in [1.29, 1.82) is 0 Å². The Hall–Kier alpha value is -0.353. The molecule has 0 rings (SSSR count). The van der Waals surface area contributed by atoms with Gasteiger partial charge in [-0.3, -0.25) is 4.79 Å². The third kappa shape index (κ3) is 15.3. The van der Waals surface area contributed by atoms with Crippen LogP contribution in [0.3, 0.4) is 0 Å². The molecule has 0 atom stereocenters. The van der Waals surface area contributed by atoms with Gasteiger partial charge in [-0.15, -0.1) is 0 Å². The van der Waals surface area contributed by atoms with Crippen LogP contribution in [0.2, 0.25) is 18.1 Å². The van der Waals surface area contributed by atoms with Crippen molar-refractivity contribution in [3.63, 3.8) is 0 Å². The van der Waals surface area contributed by atoms with Gasteiger partial charge in [-0.2, -0.15) is 0 Å². The fourth-order valence-corrected chi connectivity index (χ4v) is 8.15. The van der Waals surface area contributed by atoms with Crippen LogP contribution in [0.15, 0.2) is 0 Å². The molecule has 1 N–H and O–H groups in total. The van der Waals surface area contributed by atoms with Crippen LogP contribution in [0.4, 0.5) is 0 Å². The summed E-state index contributed by atoms with van der Waals surface area (Å²) in [6, 6.07) is 3.49. The zero-order valence-corrected chi connectivity index (χ0v) is 19.7. The fraction of sp³-hybridized carbons (Fsp3) is 0.957. The van der Waals surface area contributed by atoms with E-state index in [1.807, 2.05) is 0 Å². The van der Waals surface area contributed by atoms with Crippen LogP contribution in [0, 0.1) is 0 Å². The molecule has 27 heavy (non-hydrogen) atoms. The molecular formula is C23H48O3Si. The van der Waals surface area contributed by atoms with Crippen LogP contribution in [0.5, 0.6) is 0 Å². The van der Waals surface area contributed by atoms with Crippen molar-refractivity contribution in [3.05, 3.63) is 0 Å². The summed E-state index contributed by atoms with van der Waals surface area (Å²) < 4.78 is 6.34. The SMILES string of the molecule is CCCCCC[Si](CCCCCC)(CCCCCC)OC(=O)CCCCO. The average molecular weight is 401 g/mol. The second kappa shape index (κ2) is 19.0. The zero-order valence-electron chi connectivity index (χ0n) is 18.7. The maximum absolute atomic E-state index is 12.5. The largest absolute Gasteiger partial charge is 0.519 e. The molecule has 0 aliphatic heterocycles. The lowest BCUT2D eigenvalue weighted by molar-refractivity contribution is -0.135. The Balaban J connectivity index is 4.88. The second-order valence-electron chi connectivity index (χ2n) is 8.27. The molecule has 0 aliphatic carbocycles. The number of rotatable bonds is 20. The van der Waals surface area contributed by atoms with Gasteiger partial charge in [-0.1, -0.05) is 97.8 Å². The topological polar surface area (TPSA) is 46.5 Å². The summed E-state index contributed by atoms with van der Waals surface area (Å²) in [7, 11) is -1.98. The molecular weight excluding hydrogens is 352 g/mol. The molecule has 0 aromatic carbocycles. The van der Waals surface area contributed by atoms with E-state index in [9.17, 15) is 4.79 Å². The molecule has 0 aromatic rings. The van der Waals surface area contributed by atoms with Crippen molar-refractivity contribution in [2.45, 2.75) is 135 Å². The molecule has 3 nitrogen and oxygen atoms in total. The first-order valence-electron chi connectivity index (χ1n) is 12.0. The summed E-state index contributed by atoms with van der Waals surface area (Å²) in [6.45, 7) is 6.92. The van der Waals surface area contributed by atoms with E-state index in [0.29, 0.717) is 12.8 Å². The van der Waals surface area contributed by atoms with E-state index < -0.39 is 8.32 Å². The lowest BCUT2D eigenvalue weighted by Crippen LogP contribution is -2.40. The van der Waals surface area contributed by atoms with Gasteiger partial charge in [0, 0.05) is 13.0 Å². The van der Waals surface area contributed by atoms with E-state index in [2.05, 4.69) is 20.8 Å². The van der Waals surface area contributed by atoms with Gasteiger partial charge in [0.1, 0.15) is 0 Å². The molecule has 0 heterocycles. The third-order valence-corrected chi connectivity index (χ3v) is 10.0. The molecule has 0 radical (unpaired) electrons. The molecule has 0 bridgehead atoms. The quantitative estimate of drug-likeness (QED) is 0.171. The summed E-state index contributed by atoms with van der Waals surface area (Å²) in [5.41, 5.74) is 0. The fourth-order valence-electron chi connectivity index (χ4n) is 3.82. The number of unbranched alkanes of at least 4 members (excludes halogenated alkanes) is 10. The van der Waals surface area contributed by atoms with Gasteiger partial charge in [0.25, 0.3) is 14.3 Å². The van der Waals surface area contributed by atoms with Crippen molar-refractivity contribution < 1.29 is 14.3 Å². The summed E-state index contributed by atoms with van der Waals surface area (Å²) in [4.78, 5) is 12.5. The Morgan fingerprint density at radius 3 is 1.48 bits per heavy atom. The number of carbonyl (C=O) groups is 1. The summed E-state index contributed by atoms with van der Waals surface area (Å²) in [5, 5.41) is 8.97. The van der Waals surface area contributed by atoms with Crippen LogP contribution < -0.4 is 0 Å². The first-order valence-corrected chi connectivity index (χ1v) is 14.5. The summed E-state index contributed by atoms with van der Waals surface area (Å²) in [5.74, 6) is 0.0107. The first kappa shape index (κ1) is 26.6. The molecule has 0 amide bonds. The van der Waals surface area contributed by atoms with Gasteiger partial charge in [0.2, 0.25) is 0 Å². The number of hydrogen-bond donors (Lipinski definition) is 1. The zero-order chi connectivity index (χ0) is 20.2. The highest BCUT2D eigenvalue weighted by Gasteiger charge is 2.36. The summed E-state index contributed by atoms with van der Waals surface area (Å²) >= 11 is 0. The van der Waals surface area contributed by atoms with E-state index in [-0.39, 0.29) is 12.6 Å². The predicted molar refractivity (Wildman–Crippen MR) is 120 cm³/mol. The molecule has 0 spiro atoms. The Morgan fingerprint density at radius 1 is 0.667 bits per heavy atom. The van der Waals surface area contributed by atoms with Crippen molar-refractivity contribution in [2.24, 2.45) is 0 Å². The smallest absolute Gasteiger partial charge is 0.292 e. The van der Waals surface area contributed by atoms with Crippen molar-refractivity contribution >= 4 is 14.3 Å². The van der Waals surface area contributed by atoms with Crippen LogP contribution in [0.25, 0.3) is 0 Å². The highest BCUT2D eigenvalue weighted by Crippen LogP contribution is 2.31. The molecule has 0 aliphatic rings. The van der Waals surface area contributed by atoms with E-state index in [1.165, 1.54) is 77.0 Å².